The van der Waals surface area contributed by atoms with E-state index in [2.05, 4.69) is 4.74 Å². The first-order valence-corrected chi connectivity index (χ1v) is 3.95. The minimum Gasteiger partial charge on any atom is -0.481 e. The number of rotatable bonds is 3. The zero-order valence-electron chi connectivity index (χ0n) is 8.29. The highest BCUT2D eigenvalue weighted by Gasteiger charge is 2.15. The van der Waals surface area contributed by atoms with Crippen molar-refractivity contribution in [3.8, 4) is 0 Å². The Morgan fingerprint density at radius 1 is 1.14 bits per heavy atom. The fourth-order valence-corrected chi connectivity index (χ4v) is 0.544. The molecule has 0 aliphatic rings. The van der Waals surface area contributed by atoms with E-state index in [1.807, 2.05) is 0 Å². The molecule has 0 rings (SSSR count). The van der Waals surface area contributed by atoms with Gasteiger partial charge in [0.25, 0.3) is 0 Å². The summed E-state index contributed by atoms with van der Waals surface area (Å²) in [7, 11) is 0. The average molecular weight is 200 g/mol. The maximum atomic E-state index is 11.1. The summed E-state index contributed by atoms with van der Waals surface area (Å²) >= 11 is 0. The van der Waals surface area contributed by atoms with Crippen LogP contribution in [0.1, 0.15) is 27.2 Å². The number of carboxylic acids is 1. The summed E-state index contributed by atoms with van der Waals surface area (Å²) in [5.74, 6) is -3.17. The minimum atomic E-state index is -1.32. The van der Waals surface area contributed by atoms with Crippen molar-refractivity contribution in [1.29, 1.82) is 0 Å². The van der Waals surface area contributed by atoms with Gasteiger partial charge < -0.3 is 9.84 Å². The quantitative estimate of drug-likeness (QED) is 0.415. The largest absolute Gasteiger partial charge is 0.481 e. The van der Waals surface area contributed by atoms with Crippen LogP contribution in [0.5, 0.6) is 0 Å². The smallest absolute Gasteiger partial charge is 0.341 e. The lowest BCUT2D eigenvalue weighted by atomic mass is 10.2. The first-order chi connectivity index (χ1) is 6.34. The molecule has 0 aromatic heterocycles. The fraction of sp³-hybridized carbons (Fsp3) is 0.444. The Kier molecular flexibility index (Phi) is 4.55. The van der Waals surface area contributed by atoms with Gasteiger partial charge in [0.15, 0.2) is 0 Å². The Morgan fingerprint density at radius 3 is 2.00 bits per heavy atom. The summed E-state index contributed by atoms with van der Waals surface area (Å²) in [6.45, 7) is 4.89. The Labute approximate surface area is 81.4 Å². The summed E-state index contributed by atoms with van der Waals surface area (Å²) in [6, 6.07) is 0. The summed E-state index contributed by atoms with van der Waals surface area (Å²) < 4.78 is 4.27. The van der Waals surface area contributed by atoms with Gasteiger partial charge in [-0.3, -0.25) is 9.59 Å². The molecule has 0 aromatic carbocycles. The van der Waals surface area contributed by atoms with Gasteiger partial charge in [-0.1, -0.05) is 5.57 Å². The molecule has 0 heterocycles. The van der Waals surface area contributed by atoms with Gasteiger partial charge in [-0.2, -0.15) is 0 Å². The molecule has 0 saturated heterocycles. The average Bonchev–Trinajstić information content (AvgIpc) is 2.00. The van der Waals surface area contributed by atoms with Crippen LogP contribution in [0, 0.1) is 0 Å². The lowest BCUT2D eigenvalue weighted by molar-refractivity contribution is -0.159. The van der Waals surface area contributed by atoms with Gasteiger partial charge in [0.05, 0.1) is 0 Å². The van der Waals surface area contributed by atoms with Crippen LogP contribution in [0.4, 0.5) is 0 Å². The molecule has 0 fully saturated rings. The molecule has 0 atom stereocenters. The predicted octanol–water partition coefficient (Wildman–Crippen LogP) is 0.887. The molecule has 78 valence electrons. The number of carboxylic acid groups (broad SMARTS) is 1. The van der Waals surface area contributed by atoms with Gasteiger partial charge >= 0.3 is 17.9 Å². The lowest BCUT2D eigenvalue weighted by Gasteiger charge is -2.02. The third kappa shape index (κ3) is 4.39. The molecule has 0 aromatic rings. The summed E-state index contributed by atoms with van der Waals surface area (Å²) in [5.41, 5.74) is 1.03. The first kappa shape index (κ1) is 12.3. The van der Waals surface area contributed by atoms with E-state index in [1.54, 1.807) is 13.8 Å². The van der Waals surface area contributed by atoms with E-state index in [-0.39, 0.29) is 0 Å². The second kappa shape index (κ2) is 5.16. The van der Waals surface area contributed by atoms with Crippen LogP contribution >= 0.6 is 0 Å². The molecule has 0 amide bonds. The molecule has 0 spiro atoms. The Hall–Kier alpha value is -1.65. The number of hydrogen-bond donors (Lipinski definition) is 1. The highest BCUT2D eigenvalue weighted by Crippen LogP contribution is 2.04. The second-order valence-corrected chi connectivity index (χ2v) is 2.96. The highest BCUT2D eigenvalue weighted by molar-refractivity contribution is 6.00. The van der Waals surface area contributed by atoms with Crippen molar-refractivity contribution in [2.75, 3.05) is 0 Å². The van der Waals surface area contributed by atoms with E-state index in [1.165, 1.54) is 6.92 Å². The molecule has 5 nitrogen and oxygen atoms in total. The van der Waals surface area contributed by atoms with E-state index >= 15 is 0 Å². The monoisotopic (exact) mass is 200 g/mol. The molecule has 0 bridgehead atoms. The van der Waals surface area contributed by atoms with Gasteiger partial charge in [-0.25, -0.2) is 4.79 Å². The van der Waals surface area contributed by atoms with Crippen LogP contribution in [-0.2, 0) is 19.1 Å². The van der Waals surface area contributed by atoms with Gasteiger partial charge in [0.1, 0.15) is 6.42 Å². The number of esters is 2. The molecule has 0 aliphatic heterocycles. The number of aliphatic carboxylic acids is 1. The number of carbonyl (C=O) groups excluding carboxylic acids is 2. The van der Waals surface area contributed by atoms with Crippen molar-refractivity contribution in [2.24, 2.45) is 0 Å². The third-order valence-electron chi connectivity index (χ3n) is 1.56. The van der Waals surface area contributed by atoms with Crippen molar-refractivity contribution in [3.63, 3.8) is 0 Å². The molecular weight excluding hydrogens is 188 g/mol. The SMILES string of the molecule is CC(C)=C(C)C(=O)OC(=O)CC(=O)O. The van der Waals surface area contributed by atoms with Gasteiger partial charge in [0.2, 0.25) is 0 Å². The normalized spacial score (nSPS) is 9.07. The standard InChI is InChI=1S/C9H12O5/c1-5(2)6(3)9(13)14-8(12)4-7(10)11/h4H2,1-3H3,(H,10,11). The van der Waals surface area contributed by atoms with Gasteiger partial charge in [-0.05, 0) is 20.8 Å². The third-order valence-corrected chi connectivity index (χ3v) is 1.56. The van der Waals surface area contributed by atoms with Gasteiger partial charge in [0, 0.05) is 5.57 Å². The van der Waals surface area contributed by atoms with Crippen molar-refractivity contribution >= 4 is 17.9 Å². The molecule has 0 aliphatic carbocycles. The Bertz CT molecular complexity index is 296. The maximum absolute atomic E-state index is 11.1. The topological polar surface area (TPSA) is 80.7 Å². The van der Waals surface area contributed by atoms with E-state index in [4.69, 9.17) is 5.11 Å². The number of hydrogen-bond acceptors (Lipinski definition) is 4. The molecule has 0 saturated carbocycles. The first-order valence-electron chi connectivity index (χ1n) is 3.95. The zero-order valence-corrected chi connectivity index (χ0v) is 8.29. The van der Waals surface area contributed by atoms with E-state index in [0.29, 0.717) is 5.57 Å². The molecule has 1 N–H and O–H groups in total. The van der Waals surface area contributed by atoms with Crippen LogP contribution in [-0.4, -0.2) is 23.0 Å². The van der Waals surface area contributed by atoms with Crippen LogP contribution < -0.4 is 0 Å². The van der Waals surface area contributed by atoms with Gasteiger partial charge in [-0.15, -0.1) is 0 Å². The second-order valence-electron chi connectivity index (χ2n) is 2.96. The van der Waals surface area contributed by atoms with Crippen molar-refractivity contribution < 1.29 is 24.2 Å². The minimum absolute atomic E-state index is 0.309. The molecule has 14 heavy (non-hydrogen) atoms. The number of ether oxygens (including phenoxy) is 1. The van der Waals surface area contributed by atoms with Crippen molar-refractivity contribution in [3.05, 3.63) is 11.1 Å². The Morgan fingerprint density at radius 2 is 1.64 bits per heavy atom. The molecule has 5 heteroatoms. The summed E-state index contributed by atoms with van der Waals surface area (Å²) in [5, 5.41) is 8.22. The number of carbonyl (C=O) groups is 3. The van der Waals surface area contributed by atoms with E-state index < -0.39 is 24.3 Å². The Balaban J connectivity index is 4.28. The number of allylic oxidation sites excluding steroid dienone is 1. The van der Waals surface area contributed by atoms with Crippen molar-refractivity contribution in [2.45, 2.75) is 27.2 Å². The maximum Gasteiger partial charge on any atom is 0.341 e. The predicted molar refractivity (Wildman–Crippen MR) is 47.4 cm³/mol. The lowest BCUT2D eigenvalue weighted by Crippen LogP contribution is -2.16. The zero-order chi connectivity index (χ0) is 11.3. The van der Waals surface area contributed by atoms with Crippen LogP contribution in [0.25, 0.3) is 0 Å². The molecule has 0 radical (unpaired) electrons. The molecule has 0 unspecified atom stereocenters. The highest BCUT2D eigenvalue weighted by atomic mass is 16.6. The van der Waals surface area contributed by atoms with Crippen LogP contribution in [0.15, 0.2) is 11.1 Å². The van der Waals surface area contributed by atoms with E-state index in [9.17, 15) is 14.4 Å². The van der Waals surface area contributed by atoms with E-state index in [0.717, 1.165) is 5.57 Å². The molecular formula is C9H12O5. The summed E-state index contributed by atoms with van der Waals surface area (Å²) in [4.78, 5) is 31.9. The fourth-order valence-electron chi connectivity index (χ4n) is 0.544. The van der Waals surface area contributed by atoms with Crippen LogP contribution in [0.2, 0.25) is 0 Å². The van der Waals surface area contributed by atoms with Crippen LogP contribution in [0.3, 0.4) is 0 Å². The summed E-state index contributed by atoms with van der Waals surface area (Å²) in [6.07, 6.45) is -0.804. The van der Waals surface area contributed by atoms with Crippen molar-refractivity contribution in [1.82, 2.24) is 0 Å².